The zero-order valence-corrected chi connectivity index (χ0v) is 17.9. The molecule has 3 rings (SSSR count). The number of hydrogen-bond donors (Lipinski definition) is 4. The maximum atomic E-state index is 12.9. The summed E-state index contributed by atoms with van der Waals surface area (Å²) >= 11 is 0. The second kappa shape index (κ2) is 9.53. The fourth-order valence-electron chi connectivity index (χ4n) is 2.53. The van der Waals surface area contributed by atoms with Gasteiger partial charge in [0.2, 0.25) is 10.0 Å². The smallest absolute Gasteiger partial charge is 0.256 e. The number of anilines is 1. The van der Waals surface area contributed by atoms with Crippen LogP contribution >= 0.6 is 17.0 Å². The molecule has 1 aromatic heterocycles. The Hall–Kier alpha value is -3.21. The van der Waals surface area contributed by atoms with Crippen molar-refractivity contribution in [3.8, 4) is 11.5 Å². The highest BCUT2D eigenvalue weighted by atomic mass is 79.9. The summed E-state index contributed by atoms with van der Waals surface area (Å²) in [6.07, 6.45) is 4.61. The van der Waals surface area contributed by atoms with E-state index in [4.69, 9.17) is 5.14 Å². The van der Waals surface area contributed by atoms with Gasteiger partial charge in [0.1, 0.15) is 0 Å². The number of aromatic hydroxyl groups is 2. The van der Waals surface area contributed by atoms with Gasteiger partial charge in [-0.2, -0.15) is 0 Å². The number of nitrogens with two attached hydrogens (primary N) is 1. The van der Waals surface area contributed by atoms with Crippen molar-refractivity contribution in [2.75, 3.05) is 5.32 Å². The summed E-state index contributed by atoms with van der Waals surface area (Å²) in [4.78, 5) is 16.8. The SMILES string of the molecule is Br.NS(=O)(=O)c1ccc(NC(=O)C(=Cc2ccc(O)c(O)c2)c2cccnc2)cc1. The molecule has 10 heteroatoms. The molecule has 0 unspecified atom stereocenters. The molecule has 0 bridgehead atoms. The zero-order chi connectivity index (χ0) is 21.0. The van der Waals surface area contributed by atoms with Crippen LogP contribution < -0.4 is 10.5 Å². The summed E-state index contributed by atoms with van der Waals surface area (Å²) < 4.78 is 22.7. The first-order chi connectivity index (χ1) is 13.7. The lowest BCUT2D eigenvalue weighted by Crippen LogP contribution is -2.15. The Balaban J connectivity index is 0.00000320. The van der Waals surface area contributed by atoms with Crippen LogP contribution in [0.2, 0.25) is 0 Å². The number of amides is 1. The monoisotopic (exact) mass is 491 g/mol. The number of nitrogens with one attached hydrogen (secondary N) is 1. The largest absolute Gasteiger partial charge is 0.504 e. The van der Waals surface area contributed by atoms with Crippen molar-refractivity contribution in [2.24, 2.45) is 5.14 Å². The average molecular weight is 492 g/mol. The van der Waals surface area contributed by atoms with Crippen LogP contribution in [0.15, 0.2) is 71.9 Å². The van der Waals surface area contributed by atoms with Crippen LogP contribution in [0.5, 0.6) is 11.5 Å². The molecule has 0 saturated heterocycles. The molecule has 0 radical (unpaired) electrons. The number of halogens is 1. The molecule has 8 nitrogen and oxygen atoms in total. The Labute approximate surface area is 183 Å². The number of phenols is 2. The number of benzene rings is 2. The van der Waals surface area contributed by atoms with Gasteiger partial charge in [0, 0.05) is 29.2 Å². The molecule has 5 N–H and O–H groups in total. The van der Waals surface area contributed by atoms with E-state index in [1.165, 1.54) is 48.7 Å². The molecule has 0 fully saturated rings. The van der Waals surface area contributed by atoms with Crippen LogP contribution in [0.25, 0.3) is 11.6 Å². The summed E-state index contributed by atoms with van der Waals surface area (Å²) in [5.41, 5.74) is 1.63. The van der Waals surface area contributed by atoms with E-state index in [0.29, 0.717) is 16.8 Å². The van der Waals surface area contributed by atoms with Crippen molar-refractivity contribution < 1.29 is 23.4 Å². The summed E-state index contributed by atoms with van der Waals surface area (Å²) in [5, 5.41) is 26.9. The quantitative estimate of drug-likeness (QED) is 0.319. The maximum absolute atomic E-state index is 12.9. The van der Waals surface area contributed by atoms with E-state index >= 15 is 0 Å². The Morgan fingerprint density at radius 3 is 2.30 bits per heavy atom. The van der Waals surface area contributed by atoms with Crippen LogP contribution in [0.4, 0.5) is 5.69 Å². The van der Waals surface area contributed by atoms with E-state index in [0.717, 1.165) is 0 Å². The van der Waals surface area contributed by atoms with Crippen molar-refractivity contribution in [3.63, 3.8) is 0 Å². The van der Waals surface area contributed by atoms with Gasteiger partial charge in [-0.3, -0.25) is 9.78 Å². The summed E-state index contributed by atoms with van der Waals surface area (Å²) in [6.45, 7) is 0. The standard InChI is InChI=1S/C20H17N3O5S.BrH/c21-29(27,28)16-6-4-15(5-7-16)23-20(26)17(14-2-1-9-22-12-14)10-13-3-8-18(24)19(25)11-13;/h1-12,24-25H,(H,23,26)(H2,21,27,28);1H. The average Bonchev–Trinajstić information content (AvgIpc) is 2.69. The number of primary sulfonamides is 1. The van der Waals surface area contributed by atoms with Crippen LogP contribution in [-0.4, -0.2) is 29.5 Å². The number of nitrogens with zero attached hydrogens (tertiary/aromatic N) is 1. The third-order valence-electron chi connectivity index (χ3n) is 3.97. The lowest BCUT2D eigenvalue weighted by atomic mass is 10.0. The molecule has 0 spiro atoms. The highest BCUT2D eigenvalue weighted by Crippen LogP contribution is 2.28. The van der Waals surface area contributed by atoms with Gasteiger partial charge in [0.25, 0.3) is 5.91 Å². The van der Waals surface area contributed by atoms with Crippen molar-refractivity contribution in [1.82, 2.24) is 4.98 Å². The molecule has 1 amide bonds. The van der Waals surface area contributed by atoms with Gasteiger partial charge in [-0.05, 0) is 54.1 Å². The number of pyridine rings is 1. The summed E-state index contributed by atoms with van der Waals surface area (Å²) in [5.74, 6) is -1.07. The molecule has 0 saturated carbocycles. The number of carbonyl (C=O) groups excluding carboxylic acids is 1. The van der Waals surface area contributed by atoms with E-state index in [2.05, 4.69) is 10.3 Å². The highest BCUT2D eigenvalue weighted by Gasteiger charge is 2.14. The van der Waals surface area contributed by atoms with E-state index in [1.54, 1.807) is 24.4 Å². The van der Waals surface area contributed by atoms with Gasteiger partial charge in [-0.1, -0.05) is 12.1 Å². The summed E-state index contributed by atoms with van der Waals surface area (Å²) in [6, 6.07) is 13.0. The minimum absolute atomic E-state index is 0. The first-order valence-corrected chi connectivity index (χ1v) is 9.87. The molecule has 0 aliphatic heterocycles. The molecule has 3 aromatic rings. The van der Waals surface area contributed by atoms with Crippen LogP contribution in [0.3, 0.4) is 0 Å². The Bertz CT molecular complexity index is 1180. The number of rotatable bonds is 5. The van der Waals surface area contributed by atoms with Gasteiger partial charge >= 0.3 is 0 Å². The lowest BCUT2D eigenvalue weighted by molar-refractivity contribution is -0.111. The third kappa shape index (κ3) is 5.66. The predicted octanol–water partition coefficient (Wildman–Crippen LogP) is 2.90. The first kappa shape index (κ1) is 23.1. The molecular weight excluding hydrogens is 474 g/mol. The second-order valence-corrected chi connectivity index (χ2v) is 7.63. The maximum Gasteiger partial charge on any atom is 0.256 e. The van der Waals surface area contributed by atoms with E-state index < -0.39 is 15.9 Å². The highest BCUT2D eigenvalue weighted by molar-refractivity contribution is 8.93. The molecule has 156 valence electrons. The van der Waals surface area contributed by atoms with Gasteiger partial charge in [-0.15, -0.1) is 17.0 Å². The third-order valence-corrected chi connectivity index (χ3v) is 4.90. The minimum atomic E-state index is -3.83. The van der Waals surface area contributed by atoms with Gasteiger partial charge < -0.3 is 15.5 Å². The van der Waals surface area contributed by atoms with Crippen molar-refractivity contribution >= 4 is 50.2 Å². The number of aromatic nitrogens is 1. The van der Waals surface area contributed by atoms with E-state index in [9.17, 15) is 23.4 Å². The predicted molar refractivity (Wildman–Crippen MR) is 119 cm³/mol. The normalized spacial score (nSPS) is 11.4. The van der Waals surface area contributed by atoms with Crippen LogP contribution in [0, 0.1) is 0 Å². The molecule has 2 aromatic carbocycles. The van der Waals surface area contributed by atoms with E-state index in [1.807, 2.05) is 0 Å². The van der Waals surface area contributed by atoms with Crippen LogP contribution in [0.1, 0.15) is 11.1 Å². The van der Waals surface area contributed by atoms with Crippen molar-refractivity contribution in [1.29, 1.82) is 0 Å². The van der Waals surface area contributed by atoms with Crippen molar-refractivity contribution in [2.45, 2.75) is 4.90 Å². The van der Waals surface area contributed by atoms with Crippen LogP contribution in [-0.2, 0) is 14.8 Å². The fourth-order valence-corrected chi connectivity index (χ4v) is 3.04. The lowest BCUT2D eigenvalue weighted by Gasteiger charge is -2.10. The number of hydrogen-bond acceptors (Lipinski definition) is 6. The number of carbonyl (C=O) groups is 1. The Morgan fingerprint density at radius 1 is 1.03 bits per heavy atom. The van der Waals surface area contributed by atoms with Gasteiger partial charge in [0.15, 0.2) is 11.5 Å². The Morgan fingerprint density at radius 2 is 1.73 bits per heavy atom. The first-order valence-electron chi connectivity index (χ1n) is 8.32. The molecule has 0 aliphatic carbocycles. The molecule has 0 atom stereocenters. The minimum Gasteiger partial charge on any atom is -0.504 e. The fraction of sp³-hybridized carbons (Fsp3) is 0. The number of sulfonamides is 1. The molecular formula is C20H18BrN3O5S. The number of phenolic OH excluding ortho intramolecular Hbond substituents is 2. The Kier molecular flexibility index (Phi) is 7.33. The van der Waals surface area contributed by atoms with Gasteiger partial charge in [0.05, 0.1) is 4.90 Å². The molecule has 30 heavy (non-hydrogen) atoms. The molecule has 0 aliphatic rings. The second-order valence-electron chi connectivity index (χ2n) is 6.07. The van der Waals surface area contributed by atoms with E-state index in [-0.39, 0.29) is 38.9 Å². The topological polar surface area (TPSA) is 143 Å². The molecule has 1 heterocycles. The zero-order valence-electron chi connectivity index (χ0n) is 15.4. The summed E-state index contributed by atoms with van der Waals surface area (Å²) in [7, 11) is -3.83. The van der Waals surface area contributed by atoms with Gasteiger partial charge in [-0.25, -0.2) is 13.6 Å². The van der Waals surface area contributed by atoms with Crippen molar-refractivity contribution in [3.05, 3.63) is 78.1 Å².